The topological polar surface area (TPSA) is 97.2 Å². The first kappa shape index (κ1) is 16.6. The van der Waals surface area contributed by atoms with Crippen LogP contribution in [0.5, 0.6) is 0 Å². The summed E-state index contributed by atoms with van der Waals surface area (Å²) >= 11 is 0. The van der Waals surface area contributed by atoms with Crippen molar-refractivity contribution in [3.05, 3.63) is 72.3 Å². The quantitative estimate of drug-likeness (QED) is 0.700. The number of fused-ring (bicyclic) bond motifs is 1. The Hall–Kier alpha value is -3.81. The third-order valence-electron chi connectivity index (χ3n) is 4.28. The standard InChI is InChI=1S/C19H15N5O3/c25-17(22-15-7-3-4-8-16(15)24-12-20-11-21-24)9-10-23-18(26)13-5-1-2-6-14(13)19(23)27/h1-8,11-12H,9-10H2,(H,22,25). The number of para-hydroxylation sites is 2. The molecule has 8 nitrogen and oxygen atoms in total. The van der Waals surface area contributed by atoms with Gasteiger partial charge < -0.3 is 5.32 Å². The van der Waals surface area contributed by atoms with Crippen LogP contribution in [0.2, 0.25) is 0 Å². The van der Waals surface area contributed by atoms with E-state index in [1.165, 1.54) is 12.7 Å². The first-order valence-electron chi connectivity index (χ1n) is 8.34. The van der Waals surface area contributed by atoms with Gasteiger partial charge in [0, 0.05) is 13.0 Å². The highest BCUT2D eigenvalue weighted by molar-refractivity contribution is 6.21. The number of nitrogens with zero attached hydrogens (tertiary/aromatic N) is 4. The highest BCUT2D eigenvalue weighted by Gasteiger charge is 2.34. The Bertz CT molecular complexity index is 994. The van der Waals surface area contributed by atoms with Crippen LogP contribution in [-0.2, 0) is 4.79 Å². The number of anilines is 1. The molecule has 2 aromatic carbocycles. The Labute approximate surface area is 154 Å². The Balaban J connectivity index is 1.43. The molecule has 4 rings (SSSR count). The predicted octanol–water partition coefficient (Wildman–Crippen LogP) is 1.89. The Morgan fingerprint density at radius 2 is 1.63 bits per heavy atom. The summed E-state index contributed by atoms with van der Waals surface area (Å²) in [4.78, 5) is 42.1. The molecule has 3 amide bonds. The van der Waals surface area contributed by atoms with E-state index in [9.17, 15) is 14.4 Å². The molecule has 1 N–H and O–H groups in total. The molecule has 0 atom stereocenters. The summed E-state index contributed by atoms with van der Waals surface area (Å²) in [5.41, 5.74) is 1.98. The first-order chi connectivity index (χ1) is 13.1. The molecule has 27 heavy (non-hydrogen) atoms. The zero-order valence-electron chi connectivity index (χ0n) is 14.2. The van der Waals surface area contributed by atoms with Gasteiger partial charge in [-0.1, -0.05) is 24.3 Å². The Morgan fingerprint density at radius 3 is 2.30 bits per heavy atom. The normalized spacial score (nSPS) is 13.0. The second-order valence-corrected chi connectivity index (χ2v) is 5.96. The molecule has 134 valence electrons. The molecule has 1 aliphatic rings. The van der Waals surface area contributed by atoms with Crippen molar-refractivity contribution in [2.24, 2.45) is 0 Å². The van der Waals surface area contributed by atoms with Crippen LogP contribution in [0.15, 0.2) is 61.2 Å². The van der Waals surface area contributed by atoms with Gasteiger partial charge in [-0.3, -0.25) is 19.3 Å². The largest absolute Gasteiger partial charge is 0.324 e. The fourth-order valence-corrected chi connectivity index (χ4v) is 2.98. The molecular weight excluding hydrogens is 346 g/mol. The molecule has 1 aromatic heterocycles. The van der Waals surface area contributed by atoms with Crippen molar-refractivity contribution in [1.82, 2.24) is 19.7 Å². The molecule has 0 bridgehead atoms. The van der Waals surface area contributed by atoms with Crippen LogP contribution >= 0.6 is 0 Å². The molecule has 0 saturated heterocycles. The second kappa shape index (κ2) is 6.83. The van der Waals surface area contributed by atoms with Crippen molar-refractivity contribution in [3.63, 3.8) is 0 Å². The summed E-state index contributed by atoms with van der Waals surface area (Å²) in [7, 11) is 0. The number of hydrogen-bond donors (Lipinski definition) is 1. The third-order valence-corrected chi connectivity index (χ3v) is 4.28. The number of hydrogen-bond acceptors (Lipinski definition) is 5. The van der Waals surface area contributed by atoms with Crippen molar-refractivity contribution in [2.75, 3.05) is 11.9 Å². The number of carbonyl (C=O) groups excluding carboxylic acids is 3. The van der Waals surface area contributed by atoms with E-state index in [-0.39, 0.29) is 30.7 Å². The number of aromatic nitrogens is 3. The van der Waals surface area contributed by atoms with E-state index >= 15 is 0 Å². The highest BCUT2D eigenvalue weighted by atomic mass is 16.2. The smallest absolute Gasteiger partial charge is 0.261 e. The minimum atomic E-state index is -0.369. The Morgan fingerprint density at radius 1 is 0.963 bits per heavy atom. The van der Waals surface area contributed by atoms with Gasteiger partial charge in [-0.25, -0.2) is 9.67 Å². The average Bonchev–Trinajstić information content (AvgIpc) is 3.29. The van der Waals surface area contributed by atoms with E-state index < -0.39 is 0 Å². The molecule has 0 aliphatic carbocycles. The van der Waals surface area contributed by atoms with Crippen LogP contribution in [0.1, 0.15) is 27.1 Å². The second-order valence-electron chi connectivity index (χ2n) is 5.96. The Kier molecular flexibility index (Phi) is 4.21. The van der Waals surface area contributed by atoms with Crippen LogP contribution in [0, 0.1) is 0 Å². The lowest BCUT2D eigenvalue weighted by Gasteiger charge is -2.14. The summed E-state index contributed by atoms with van der Waals surface area (Å²) in [6, 6.07) is 13.8. The van der Waals surface area contributed by atoms with Crippen LogP contribution in [-0.4, -0.2) is 43.9 Å². The van der Waals surface area contributed by atoms with Gasteiger partial charge in [0.15, 0.2) is 0 Å². The maximum atomic E-state index is 12.4. The molecule has 2 heterocycles. The fraction of sp³-hybridized carbons (Fsp3) is 0.105. The molecule has 3 aromatic rings. The van der Waals surface area contributed by atoms with E-state index in [2.05, 4.69) is 15.4 Å². The van der Waals surface area contributed by atoms with Crippen molar-refractivity contribution in [3.8, 4) is 5.69 Å². The maximum absolute atomic E-state index is 12.4. The van der Waals surface area contributed by atoms with E-state index in [0.29, 0.717) is 22.5 Å². The van der Waals surface area contributed by atoms with Gasteiger partial charge in [0.25, 0.3) is 11.8 Å². The van der Waals surface area contributed by atoms with E-state index in [1.807, 2.05) is 6.07 Å². The van der Waals surface area contributed by atoms with Gasteiger partial charge in [0.2, 0.25) is 5.91 Å². The van der Waals surface area contributed by atoms with Gasteiger partial charge >= 0.3 is 0 Å². The van der Waals surface area contributed by atoms with Crippen molar-refractivity contribution < 1.29 is 14.4 Å². The zero-order valence-corrected chi connectivity index (χ0v) is 14.2. The van der Waals surface area contributed by atoms with Crippen LogP contribution in [0.3, 0.4) is 0 Å². The SMILES string of the molecule is O=C(CCN1C(=O)c2ccccc2C1=O)Nc1ccccc1-n1cncn1. The van der Waals surface area contributed by atoms with E-state index in [1.54, 1.807) is 47.1 Å². The van der Waals surface area contributed by atoms with Crippen molar-refractivity contribution >= 4 is 23.4 Å². The summed E-state index contributed by atoms with van der Waals surface area (Å²) in [5.74, 6) is -1.04. The lowest BCUT2D eigenvalue weighted by molar-refractivity contribution is -0.116. The molecule has 0 saturated carbocycles. The molecule has 1 aliphatic heterocycles. The fourth-order valence-electron chi connectivity index (χ4n) is 2.98. The number of nitrogens with one attached hydrogen (secondary N) is 1. The van der Waals surface area contributed by atoms with Gasteiger partial charge in [-0.2, -0.15) is 5.10 Å². The van der Waals surface area contributed by atoms with Gasteiger partial charge in [0.1, 0.15) is 12.7 Å². The van der Waals surface area contributed by atoms with Crippen LogP contribution in [0.25, 0.3) is 5.69 Å². The summed E-state index contributed by atoms with van der Waals surface area (Å²) in [5, 5.41) is 6.86. The molecular formula is C19H15N5O3. The van der Waals surface area contributed by atoms with Crippen molar-refractivity contribution in [2.45, 2.75) is 6.42 Å². The molecule has 0 spiro atoms. The third kappa shape index (κ3) is 3.08. The molecule has 8 heteroatoms. The van der Waals surface area contributed by atoms with Crippen LogP contribution < -0.4 is 5.32 Å². The summed E-state index contributed by atoms with van der Waals surface area (Å²) in [6.45, 7) is 0.0175. The molecule has 0 radical (unpaired) electrons. The average molecular weight is 361 g/mol. The minimum absolute atomic E-state index is 0.00282. The van der Waals surface area contributed by atoms with Crippen molar-refractivity contribution in [1.29, 1.82) is 0 Å². The van der Waals surface area contributed by atoms with Gasteiger partial charge in [0.05, 0.1) is 22.5 Å². The molecule has 0 unspecified atom stereocenters. The lowest BCUT2D eigenvalue weighted by atomic mass is 10.1. The maximum Gasteiger partial charge on any atom is 0.261 e. The summed E-state index contributed by atoms with van der Waals surface area (Å²) in [6.07, 6.45) is 2.93. The number of carbonyl (C=O) groups is 3. The number of benzene rings is 2. The minimum Gasteiger partial charge on any atom is -0.324 e. The molecule has 0 fully saturated rings. The zero-order chi connectivity index (χ0) is 18.8. The number of rotatable bonds is 5. The van der Waals surface area contributed by atoms with Gasteiger partial charge in [-0.05, 0) is 24.3 Å². The number of amides is 3. The lowest BCUT2D eigenvalue weighted by Crippen LogP contribution is -2.33. The van der Waals surface area contributed by atoms with E-state index in [0.717, 1.165) is 4.90 Å². The van der Waals surface area contributed by atoms with Gasteiger partial charge in [-0.15, -0.1) is 0 Å². The highest BCUT2D eigenvalue weighted by Crippen LogP contribution is 2.23. The van der Waals surface area contributed by atoms with Crippen LogP contribution in [0.4, 0.5) is 5.69 Å². The number of imide groups is 1. The predicted molar refractivity (Wildman–Crippen MR) is 96.4 cm³/mol. The van der Waals surface area contributed by atoms with E-state index in [4.69, 9.17) is 0 Å². The summed E-state index contributed by atoms with van der Waals surface area (Å²) < 4.78 is 1.54. The monoisotopic (exact) mass is 361 g/mol. The first-order valence-corrected chi connectivity index (χ1v) is 8.34.